The molecule has 7 heteroatoms. The highest BCUT2D eigenvalue weighted by Crippen LogP contribution is 2.14. The third-order valence-electron chi connectivity index (χ3n) is 3.18. The van der Waals surface area contributed by atoms with Gasteiger partial charge in [0.2, 0.25) is 0 Å². The number of H-pyrrole nitrogens is 1. The molecule has 1 heterocycles. The highest BCUT2D eigenvalue weighted by atomic mass is 127. The van der Waals surface area contributed by atoms with Gasteiger partial charge in [-0.15, -0.1) is 24.0 Å². The van der Waals surface area contributed by atoms with Gasteiger partial charge in [-0.2, -0.15) is 5.10 Å². The fraction of sp³-hybridized carbons (Fsp3) is 0.333. The van der Waals surface area contributed by atoms with Crippen LogP contribution < -0.4 is 15.8 Å². The summed E-state index contributed by atoms with van der Waals surface area (Å²) in [5, 5.41) is 9.98. The van der Waals surface area contributed by atoms with Crippen LogP contribution in [0.4, 0.5) is 5.69 Å². The number of nitrogens with zero attached hydrogens (tertiary/aromatic N) is 2. The molecule has 0 spiro atoms. The van der Waals surface area contributed by atoms with E-state index in [4.69, 9.17) is 10.5 Å². The van der Waals surface area contributed by atoms with Crippen molar-refractivity contribution in [3.05, 3.63) is 41.7 Å². The minimum Gasteiger partial charge on any atom is -0.497 e. The minimum atomic E-state index is 0. The van der Waals surface area contributed by atoms with Gasteiger partial charge in [-0.05, 0) is 49.6 Å². The molecule has 2 aromatic rings. The van der Waals surface area contributed by atoms with E-state index in [1.165, 1.54) is 5.56 Å². The van der Waals surface area contributed by atoms with Crippen molar-refractivity contribution < 1.29 is 4.74 Å². The predicted molar refractivity (Wildman–Crippen MR) is 100 cm³/mol. The van der Waals surface area contributed by atoms with E-state index in [1.54, 1.807) is 7.11 Å². The maximum Gasteiger partial charge on any atom is 0.193 e. The number of aryl methyl sites for hydroxylation is 2. The van der Waals surface area contributed by atoms with E-state index in [0.29, 0.717) is 12.5 Å². The van der Waals surface area contributed by atoms with Crippen LogP contribution in [0, 0.1) is 6.92 Å². The zero-order chi connectivity index (χ0) is 15.1. The molecule has 0 aliphatic heterocycles. The summed E-state index contributed by atoms with van der Waals surface area (Å²) in [6.07, 6.45) is 3.74. The Morgan fingerprint density at radius 3 is 2.68 bits per heavy atom. The van der Waals surface area contributed by atoms with Crippen LogP contribution in [-0.2, 0) is 6.42 Å². The molecule has 0 fully saturated rings. The normalized spacial score (nSPS) is 10.9. The Kier molecular flexibility index (Phi) is 7.72. The number of guanidine groups is 1. The van der Waals surface area contributed by atoms with E-state index < -0.39 is 0 Å². The average molecular weight is 415 g/mol. The molecule has 22 heavy (non-hydrogen) atoms. The molecule has 0 aliphatic rings. The van der Waals surface area contributed by atoms with E-state index in [2.05, 4.69) is 20.5 Å². The van der Waals surface area contributed by atoms with Gasteiger partial charge in [0.25, 0.3) is 0 Å². The van der Waals surface area contributed by atoms with Gasteiger partial charge in [0.15, 0.2) is 5.96 Å². The molecular weight excluding hydrogens is 393 g/mol. The van der Waals surface area contributed by atoms with Crippen molar-refractivity contribution in [2.75, 3.05) is 19.0 Å². The number of anilines is 1. The van der Waals surface area contributed by atoms with Crippen molar-refractivity contribution in [3.63, 3.8) is 0 Å². The summed E-state index contributed by atoms with van der Waals surface area (Å²) in [5.41, 5.74) is 9.09. The molecule has 6 nitrogen and oxygen atoms in total. The summed E-state index contributed by atoms with van der Waals surface area (Å²) in [4.78, 5) is 4.31. The maximum absolute atomic E-state index is 5.85. The van der Waals surface area contributed by atoms with Crippen molar-refractivity contribution in [2.24, 2.45) is 10.7 Å². The fourth-order valence-electron chi connectivity index (χ4n) is 1.96. The number of aromatic nitrogens is 2. The van der Waals surface area contributed by atoms with Crippen molar-refractivity contribution in [1.82, 2.24) is 10.2 Å². The quantitative estimate of drug-likeness (QED) is 0.293. The Labute approximate surface area is 147 Å². The molecule has 0 radical (unpaired) electrons. The molecule has 4 N–H and O–H groups in total. The van der Waals surface area contributed by atoms with Crippen LogP contribution in [0.1, 0.15) is 17.7 Å². The Hall–Kier alpha value is -1.77. The number of nitrogens with two attached hydrogens (primary N) is 1. The highest BCUT2D eigenvalue weighted by molar-refractivity contribution is 14.0. The van der Waals surface area contributed by atoms with Gasteiger partial charge in [0, 0.05) is 17.9 Å². The Balaban J connectivity index is 0.00000242. The largest absolute Gasteiger partial charge is 0.497 e. The molecule has 0 saturated carbocycles. The molecule has 0 atom stereocenters. The number of rotatable bonds is 6. The molecule has 120 valence electrons. The van der Waals surface area contributed by atoms with E-state index >= 15 is 0 Å². The Morgan fingerprint density at radius 2 is 2.09 bits per heavy atom. The molecule has 1 aromatic heterocycles. The van der Waals surface area contributed by atoms with Crippen LogP contribution in [0.2, 0.25) is 0 Å². The second kappa shape index (κ2) is 9.29. The molecule has 0 unspecified atom stereocenters. The van der Waals surface area contributed by atoms with Crippen molar-refractivity contribution in [1.29, 1.82) is 0 Å². The van der Waals surface area contributed by atoms with Crippen molar-refractivity contribution in [2.45, 2.75) is 19.8 Å². The number of benzene rings is 1. The van der Waals surface area contributed by atoms with Gasteiger partial charge < -0.3 is 15.8 Å². The number of methoxy groups -OCH3 is 1. The number of nitrogens with one attached hydrogen (secondary N) is 2. The summed E-state index contributed by atoms with van der Waals surface area (Å²) < 4.78 is 5.10. The van der Waals surface area contributed by atoms with Crippen molar-refractivity contribution in [3.8, 4) is 5.75 Å². The lowest BCUT2D eigenvalue weighted by Gasteiger charge is -2.06. The number of aromatic amines is 1. The van der Waals surface area contributed by atoms with Crippen LogP contribution in [0.3, 0.4) is 0 Å². The van der Waals surface area contributed by atoms with Gasteiger partial charge in [-0.25, -0.2) is 0 Å². The summed E-state index contributed by atoms with van der Waals surface area (Å²) in [6.45, 7) is 2.70. The predicted octanol–water partition coefficient (Wildman–Crippen LogP) is 2.70. The third-order valence-corrected chi connectivity index (χ3v) is 3.18. The first-order valence-electron chi connectivity index (χ1n) is 6.89. The molecular formula is C15H22IN5O. The first-order chi connectivity index (χ1) is 10.2. The van der Waals surface area contributed by atoms with E-state index in [1.807, 2.05) is 37.4 Å². The van der Waals surface area contributed by atoms with Crippen LogP contribution >= 0.6 is 24.0 Å². The molecule has 1 aromatic carbocycles. The zero-order valence-electron chi connectivity index (χ0n) is 12.8. The number of hydrogen-bond donors (Lipinski definition) is 3. The van der Waals surface area contributed by atoms with Crippen molar-refractivity contribution >= 4 is 35.6 Å². The molecule has 0 aliphatic carbocycles. The maximum atomic E-state index is 5.85. The number of ether oxygens (including phenoxy) is 1. The summed E-state index contributed by atoms with van der Waals surface area (Å²) in [7, 11) is 1.64. The third kappa shape index (κ3) is 5.55. The van der Waals surface area contributed by atoms with E-state index in [0.717, 1.165) is 30.0 Å². The lowest BCUT2D eigenvalue weighted by molar-refractivity contribution is 0.415. The van der Waals surface area contributed by atoms with Gasteiger partial charge in [0.1, 0.15) is 5.75 Å². The van der Waals surface area contributed by atoms with E-state index in [9.17, 15) is 0 Å². The smallest absolute Gasteiger partial charge is 0.193 e. The first kappa shape index (κ1) is 18.3. The second-order valence-corrected chi connectivity index (χ2v) is 4.74. The van der Waals surface area contributed by atoms with E-state index in [-0.39, 0.29) is 24.0 Å². The highest BCUT2D eigenvalue weighted by Gasteiger charge is 2.00. The summed E-state index contributed by atoms with van der Waals surface area (Å²) >= 11 is 0. The van der Waals surface area contributed by atoms with Crippen LogP contribution in [-0.4, -0.2) is 29.8 Å². The second-order valence-electron chi connectivity index (χ2n) is 4.74. The average Bonchev–Trinajstić information content (AvgIpc) is 2.90. The lowest BCUT2D eigenvalue weighted by Crippen LogP contribution is -2.22. The van der Waals surface area contributed by atoms with Crippen LogP contribution in [0.5, 0.6) is 5.75 Å². The summed E-state index contributed by atoms with van der Waals surface area (Å²) in [5.74, 6) is 1.23. The van der Waals surface area contributed by atoms with Gasteiger partial charge >= 0.3 is 0 Å². The topological polar surface area (TPSA) is 88.3 Å². The molecule has 0 amide bonds. The molecule has 0 saturated heterocycles. The SMILES string of the molecule is COc1ccc(NC(N)=NCCCc2cn[nH]c2C)cc1.I. The Bertz CT molecular complexity index is 594. The van der Waals surface area contributed by atoms with Gasteiger partial charge in [0.05, 0.1) is 13.3 Å². The number of aliphatic imine (C=N–C) groups is 1. The molecule has 0 bridgehead atoms. The monoisotopic (exact) mass is 415 g/mol. The molecule has 2 rings (SSSR count). The minimum absolute atomic E-state index is 0. The first-order valence-corrected chi connectivity index (χ1v) is 6.89. The Morgan fingerprint density at radius 1 is 1.36 bits per heavy atom. The van der Waals surface area contributed by atoms with Gasteiger partial charge in [-0.3, -0.25) is 10.1 Å². The van der Waals surface area contributed by atoms with Crippen LogP contribution in [0.15, 0.2) is 35.5 Å². The van der Waals surface area contributed by atoms with Crippen LogP contribution in [0.25, 0.3) is 0 Å². The standard InChI is InChI=1S/C15H21N5O.HI/c1-11-12(10-18-20-11)4-3-9-17-15(16)19-13-5-7-14(21-2)8-6-13;/h5-8,10H,3-4,9H2,1-2H3,(H,18,20)(H3,16,17,19);1H. The fourth-order valence-corrected chi connectivity index (χ4v) is 1.96. The summed E-state index contributed by atoms with van der Waals surface area (Å²) in [6, 6.07) is 7.54. The van der Waals surface area contributed by atoms with Gasteiger partial charge in [-0.1, -0.05) is 0 Å². The zero-order valence-corrected chi connectivity index (χ0v) is 15.1. The lowest BCUT2D eigenvalue weighted by atomic mass is 10.1. The number of hydrogen-bond acceptors (Lipinski definition) is 3. The number of halogens is 1.